The lowest BCUT2D eigenvalue weighted by Gasteiger charge is -2.10. The van der Waals surface area contributed by atoms with Crippen molar-refractivity contribution in [3.63, 3.8) is 0 Å². The van der Waals surface area contributed by atoms with Crippen molar-refractivity contribution in [3.05, 3.63) is 59.5 Å². The van der Waals surface area contributed by atoms with Crippen LogP contribution in [-0.4, -0.2) is 23.3 Å². The van der Waals surface area contributed by atoms with Gasteiger partial charge in [0, 0.05) is 15.8 Å². The van der Waals surface area contributed by atoms with Crippen molar-refractivity contribution in [1.82, 2.24) is 4.98 Å². The molecule has 1 atom stereocenters. The van der Waals surface area contributed by atoms with E-state index in [0.717, 1.165) is 21.9 Å². The topological polar surface area (TPSA) is 51.2 Å². The summed E-state index contributed by atoms with van der Waals surface area (Å²) in [5.74, 6) is 0.704. The second-order valence-electron chi connectivity index (χ2n) is 5.80. The summed E-state index contributed by atoms with van der Waals surface area (Å²) in [5.41, 5.74) is 2.91. The largest absolute Gasteiger partial charge is 0.496 e. The van der Waals surface area contributed by atoms with Gasteiger partial charge in [-0.05, 0) is 38.1 Å². The predicted molar refractivity (Wildman–Crippen MR) is 109 cm³/mol. The lowest BCUT2D eigenvalue weighted by atomic mass is 10.1. The Hall–Kier alpha value is -2.31. The van der Waals surface area contributed by atoms with Crippen LogP contribution in [0.4, 0.5) is 5.13 Å². The van der Waals surface area contributed by atoms with Crippen molar-refractivity contribution in [2.75, 3.05) is 12.4 Å². The standard InChI is InChI=1S/C20H20N2O2S2/c1-13-8-10-15(11-9-13)26-14(2)19(23)22-20-21-17(12-25-20)16-6-4-5-7-18(16)24-3/h4-12,14H,1-3H3,(H,21,22,23). The number of carbonyl (C=O) groups excluding carboxylic acids is 1. The molecular weight excluding hydrogens is 364 g/mol. The van der Waals surface area contributed by atoms with E-state index in [1.807, 2.05) is 67.8 Å². The number of thiazole rings is 1. The fraction of sp³-hybridized carbons (Fsp3) is 0.200. The number of carbonyl (C=O) groups is 1. The Morgan fingerprint density at radius 3 is 2.65 bits per heavy atom. The van der Waals surface area contributed by atoms with Gasteiger partial charge in [-0.25, -0.2) is 4.98 Å². The van der Waals surface area contributed by atoms with Crippen LogP contribution in [0.3, 0.4) is 0 Å². The van der Waals surface area contributed by atoms with Crippen LogP contribution in [0.1, 0.15) is 12.5 Å². The number of hydrogen-bond donors (Lipinski definition) is 1. The molecule has 1 amide bonds. The quantitative estimate of drug-likeness (QED) is 0.590. The van der Waals surface area contributed by atoms with E-state index in [9.17, 15) is 4.79 Å². The first-order chi connectivity index (χ1) is 12.6. The zero-order valence-corrected chi connectivity index (χ0v) is 16.5. The number of thioether (sulfide) groups is 1. The molecule has 0 aliphatic heterocycles. The lowest BCUT2D eigenvalue weighted by Crippen LogP contribution is -2.22. The number of nitrogens with zero attached hydrogens (tertiary/aromatic N) is 1. The Morgan fingerprint density at radius 1 is 1.19 bits per heavy atom. The zero-order valence-electron chi connectivity index (χ0n) is 14.9. The number of ether oxygens (including phenoxy) is 1. The van der Waals surface area contributed by atoms with E-state index in [0.29, 0.717) is 5.13 Å². The molecule has 6 heteroatoms. The van der Waals surface area contributed by atoms with E-state index in [-0.39, 0.29) is 11.2 Å². The first-order valence-electron chi connectivity index (χ1n) is 8.20. The number of para-hydroxylation sites is 1. The summed E-state index contributed by atoms with van der Waals surface area (Å²) in [4.78, 5) is 18.1. The molecule has 134 valence electrons. The summed E-state index contributed by atoms with van der Waals surface area (Å²) < 4.78 is 5.38. The summed E-state index contributed by atoms with van der Waals surface area (Å²) in [6.45, 7) is 3.95. The number of benzene rings is 2. The zero-order chi connectivity index (χ0) is 18.5. The van der Waals surface area contributed by atoms with Crippen molar-refractivity contribution in [2.45, 2.75) is 24.0 Å². The Balaban J connectivity index is 1.66. The van der Waals surface area contributed by atoms with Crippen molar-refractivity contribution >= 4 is 34.1 Å². The molecule has 2 aromatic carbocycles. The molecular formula is C20H20N2O2S2. The van der Waals surface area contributed by atoms with Crippen LogP contribution in [-0.2, 0) is 4.79 Å². The average Bonchev–Trinajstić information content (AvgIpc) is 3.11. The van der Waals surface area contributed by atoms with Gasteiger partial charge < -0.3 is 10.1 Å². The van der Waals surface area contributed by atoms with Crippen LogP contribution in [0.2, 0.25) is 0 Å². The first-order valence-corrected chi connectivity index (χ1v) is 9.96. The van der Waals surface area contributed by atoms with Crippen LogP contribution in [0.25, 0.3) is 11.3 Å². The minimum absolute atomic E-state index is 0.0588. The monoisotopic (exact) mass is 384 g/mol. The summed E-state index contributed by atoms with van der Waals surface area (Å²) in [6.07, 6.45) is 0. The van der Waals surface area contributed by atoms with E-state index >= 15 is 0 Å². The van der Waals surface area contributed by atoms with Gasteiger partial charge in [0.05, 0.1) is 18.1 Å². The van der Waals surface area contributed by atoms with Gasteiger partial charge in [0.1, 0.15) is 5.75 Å². The second kappa shape index (κ2) is 8.38. The molecule has 3 rings (SSSR count). The van der Waals surface area contributed by atoms with Gasteiger partial charge in [-0.2, -0.15) is 0 Å². The smallest absolute Gasteiger partial charge is 0.239 e. The highest BCUT2D eigenvalue weighted by Gasteiger charge is 2.17. The van der Waals surface area contributed by atoms with Gasteiger partial charge in [0.2, 0.25) is 5.91 Å². The predicted octanol–water partition coefficient (Wildman–Crippen LogP) is 5.25. The van der Waals surface area contributed by atoms with Gasteiger partial charge in [-0.3, -0.25) is 4.79 Å². The molecule has 3 aromatic rings. The molecule has 0 aliphatic rings. The molecule has 0 bridgehead atoms. The third kappa shape index (κ3) is 4.45. The summed E-state index contributed by atoms with van der Waals surface area (Å²) >= 11 is 2.94. The number of methoxy groups -OCH3 is 1. The van der Waals surface area contributed by atoms with Crippen molar-refractivity contribution in [3.8, 4) is 17.0 Å². The third-order valence-corrected chi connectivity index (χ3v) is 5.69. The number of hydrogen-bond acceptors (Lipinski definition) is 5. The van der Waals surface area contributed by atoms with E-state index in [4.69, 9.17) is 4.74 Å². The first kappa shape index (κ1) is 18.5. The minimum Gasteiger partial charge on any atom is -0.496 e. The molecule has 1 unspecified atom stereocenters. The molecule has 1 N–H and O–H groups in total. The Morgan fingerprint density at radius 2 is 1.92 bits per heavy atom. The fourth-order valence-corrected chi connectivity index (χ4v) is 3.97. The molecule has 4 nitrogen and oxygen atoms in total. The maximum atomic E-state index is 12.5. The summed E-state index contributed by atoms with van der Waals surface area (Å²) in [6, 6.07) is 15.9. The number of amides is 1. The highest BCUT2D eigenvalue weighted by atomic mass is 32.2. The summed E-state index contributed by atoms with van der Waals surface area (Å²) in [5, 5.41) is 5.21. The van der Waals surface area contributed by atoms with Crippen molar-refractivity contribution in [2.24, 2.45) is 0 Å². The molecule has 1 heterocycles. The highest BCUT2D eigenvalue weighted by Crippen LogP contribution is 2.32. The number of aryl methyl sites for hydroxylation is 1. The van der Waals surface area contributed by atoms with Crippen LogP contribution < -0.4 is 10.1 Å². The van der Waals surface area contributed by atoms with Crippen LogP contribution in [0, 0.1) is 6.92 Å². The van der Waals surface area contributed by atoms with Gasteiger partial charge in [0.25, 0.3) is 0 Å². The average molecular weight is 385 g/mol. The highest BCUT2D eigenvalue weighted by molar-refractivity contribution is 8.00. The van der Waals surface area contributed by atoms with Crippen molar-refractivity contribution in [1.29, 1.82) is 0 Å². The van der Waals surface area contributed by atoms with Crippen LogP contribution in [0.15, 0.2) is 58.8 Å². The molecule has 0 radical (unpaired) electrons. The van der Waals surface area contributed by atoms with Gasteiger partial charge in [-0.1, -0.05) is 29.8 Å². The Labute approximate surface area is 161 Å². The number of aromatic nitrogens is 1. The van der Waals surface area contributed by atoms with Gasteiger partial charge in [0.15, 0.2) is 5.13 Å². The molecule has 1 aromatic heterocycles. The molecule has 0 saturated carbocycles. The number of rotatable bonds is 6. The Bertz CT molecular complexity index is 891. The second-order valence-corrected chi connectivity index (χ2v) is 8.07. The fourth-order valence-electron chi connectivity index (χ4n) is 2.39. The maximum absolute atomic E-state index is 12.5. The van der Waals surface area contributed by atoms with Crippen LogP contribution in [0.5, 0.6) is 5.75 Å². The van der Waals surface area contributed by atoms with E-state index in [1.54, 1.807) is 7.11 Å². The molecule has 0 saturated heterocycles. The third-order valence-electron chi connectivity index (χ3n) is 3.82. The molecule has 0 spiro atoms. The molecule has 0 aliphatic carbocycles. The minimum atomic E-state index is -0.212. The Kier molecular flexibility index (Phi) is 5.96. The van der Waals surface area contributed by atoms with E-state index < -0.39 is 0 Å². The number of anilines is 1. The normalized spacial score (nSPS) is 11.8. The van der Waals surface area contributed by atoms with Gasteiger partial charge >= 0.3 is 0 Å². The van der Waals surface area contributed by atoms with Gasteiger partial charge in [-0.15, -0.1) is 23.1 Å². The van der Waals surface area contributed by atoms with Crippen LogP contribution >= 0.6 is 23.1 Å². The molecule has 26 heavy (non-hydrogen) atoms. The van der Waals surface area contributed by atoms with E-state index in [1.165, 1.54) is 28.7 Å². The molecule has 0 fully saturated rings. The maximum Gasteiger partial charge on any atom is 0.239 e. The van der Waals surface area contributed by atoms with Crippen molar-refractivity contribution < 1.29 is 9.53 Å². The number of nitrogens with one attached hydrogen (secondary N) is 1. The lowest BCUT2D eigenvalue weighted by molar-refractivity contribution is -0.115. The summed E-state index contributed by atoms with van der Waals surface area (Å²) in [7, 11) is 1.64. The SMILES string of the molecule is COc1ccccc1-c1csc(NC(=O)C(C)Sc2ccc(C)cc2)n1. The van der Waals surface area contributed by atoms with E-state index in [2.05, 4.69) is 10.3 Å².